The summed E-state index contributed by atoms with van der Waals surface area (Å²) in [7, 11) is 0. The molecule has 1 aromatic rings. The van der Waals surface area contributed by atoms with Gasteiger partial charge in [-0.1, -0.05) is 20.3 Å². The molecule has 0 aliphatic carbocycles. The zero-order valence-electron chi connectivity index (χ0n) is 12.4. The molecule has 0 radical (unpaired) electrons. The Labute approximate surface area is 120 Å². The van der Waals surface area contributed by atoms with Gasteiger partial charge in [0.25, 0.3) is 0 Å². The van der Waals surface area contributed by atoms with E-state index in [2.05, 4.69) is 0 Å². The van der Waals surface area contributed by atoms with Gasteiger partial charge in [-0.25, -0.2) is 4.39 Å². The van der Waals surface area contributed by atoms with Crippen LogP contribution in [-0.2, 0) is 6.42 Å². The van der Waals surface area contributed by atoms with Gasteiger partial charge in [0.15, 0.2) is 0 Å². The zero-order chi connectivity index (χ0) is 15.0. The lowest BCUT2D eigenvalue weighted by Gasteiger charge is -2.19. The van der Waals surface area contributed by atoms with Crippen LogP contribution in [0.4, 0.5) is 4.39 Å². The van der Waals surface area contributed by atoms with E-state index in [9.17, 15) is 9.50 Å². The van der Waals surface area contributed by atoms with Gasteiger partial charge in [0.05, 0.1) is 12.7 Å². The van der Waals surface area contributed by atoms with Gasteiger partial charge in [-0.2, -0.15) is 0 Å². The molecule has 0 saturated carbocycles. The van der Waals surface area contributed by atoms with Crippen molar-refractivity contribution in [1.82, 2.24) is 0 Å². The van der Waals surface area contributed by atoms with E-state index < -0.39 is 6.10 Å². The van der Waals surface area contributed by atoms with Crippen molar-refractivity contribution in [2.75, 3.05) is 6.61 Å². The summed E-state index contributed by atoms with van der Waals surface area (Å²) >= 11 is 0. The van der Waals surface area contributed by atoms with Crippen molar-refractivity contribution in [1.29, 1.82) is 0 Å². The van der Waals surface area contributed by atoms with Crippen LogP contribution in [-0.4, -0.2) is 23.9 Å². The molecule has 0 aliphatic rings. The van der Waals surface area contributed by atoms with Gasteiger partial charge in [-0.15, -0.1) is 0 Å². The maximum Gasteiger partial charge on any atom is 0.123 e. The summed E-state index contributed by atoms with van der Waals surface area (Å²) in [6.07, 6.45) is 3.17. The molecule has 1 rings (SSSR count). The predicted molar refractivity (Wildman–Crippen MR) is 79.4 cm³/mol. The van der Waals surface area contributed by atoms with Gasteiger partial charge in [-0.05, 0) is 49.4 Å². The first-order valence-corrected chi connectivity index (χ1v) is 7.43. The summed E-state index contributed by atoms with van der Waals surface area (Å²) in [5, 5.41) is 9.99. The minimum atomic E-state index is -0.558. The van der Waals surface area contributed by atoms with Crippen molar-refractivity contribution in [3.05, 3.63) is 29.6 Å². The number of ether oxygens (including phenoxy) is 1. The fourth-order valence-corrected chi connectivity index (χ4v) is 2.14. The van der Waals surface area contributed by atoms with E-state index in [1.54, 1.807) is 6.07 Å². The van der Waals surface area contributed by atoms with Crippen LogP contribution in [0, 0.1) is 5.82 Å². The maximum absolute atomic E-state index is 13.3. The molecule has 3 N–H and O–H groups in total. The molecule has 2 atom stereocenters. The maximum atomic E-state index is 13.3. The standard InChI is InChI=1S/C16H26FNO2/c1-3-5-14(18)15(19)8-6-12-11-13(17)7-9-16(12)20-10-4-2/h7,9,11,14-15,19H,3-6,8,10,18H2,1-2H3. The van der Waals surface area contributed by atoms with E-state index >= 15 is 0 Å². The van der Waals surface area contributed by atoms with Gasteiger partial charge in [0.1, 0.15) is 11.6 Å². The Kier molecular flexibility index (Phi) is 7.55. The second kappa shape index (κ2) is 8.93. The summed E-state index contributed by atoms with van der Waals surface area (Å²) < 4.78 is 18.9. The lowest BCUT2D eigenvalue weighted by atomic mass is 9.99. The quantitative estimate of drug-likeness (QED) is 0.732. The van der Waals surface area contributed by atoms with Crippen LogP contribution in [0.2, 0.25) is 0 Å². The number of rotatable bonds is 9. The van der Waals surface area contributed by atoms with E-state index in [-0.39, 0.29) is 11.9 Å². The number of aliphatic hydroxyl groups is 1. The van der Waals surface area contributed by atoms with Crippen molar-refractivity contribution in [2.45, 2.75) is 58.1 Å². The van der Waals surface area contributed by atoms with Gasteiger partial charge in [0.2, 0.25) is 0 Å². The SMILES string of the molecule is CCCOc1ccc(F)cc1CCC(O)C(N)CCC. The Hall–Kier alpha value is -1.13. The van der Waals surface area contributed by atoms with Crippen LogP contribution in [0.25, 0.3) is 0 Å². The minimum absolute atomic E-state index is 0.214. The first-order chi connectivity index (χ1) is 9.58. The summed E-state index contributed by atoms with van der Waals surface area (Å²) in [5.74, 6) is 0.417. The average Bonchev–Trinajstić information content (AvgIpc) is 2.44. The highest BCUT2D eigenvalue weighted by molar-refractivity contribution is 5.34. The van der Waals surface area contributed by atoms with Crippen LogP contribution in [0.1, 0.15) is 45.1 Å². The Morgan fingerprint density at radius 2 is 2.00 bits per heavy atom. The van der Waals surface area contributed by atoms with Crippen molar-refractivity contribution >= 4 is 0 Å². The number of hydrogen-bond donors (Lipinski definition) is 2. The number of aliphatic hydroxyl groups excluding tert-OH is 1. The van der Waals surface area contributed by atoms with Crippen molar-refractivity contribution in [3.63, 3.8) is 0 Å². The smallest absolute Gasteiger partial charge is 0.123 e. The number of benzene rings is 1. The first kappa shape index (κ1) is 16.9. The van der Waals surface area contributed by atoms with Gasteiger partial charge in [0, 0.05) is 6.04 Å². The third-order valence-corrected chi connectivity index (χ3v) is 3.31. The highest BCUT2D eigenvalue weighted by Gasteiger charge is 2.15. The molecule has 2 unspecified atom stereocenters. The van der Waals surface area contributed by atoms with Crippen LogP contribution in [0.3, 0.4) is 0 Å². The summed E-state index contributed by atoms with van der Waals surface area (Å²) in [5.41, 5.74) is 6.68. The van der Waals surface area contributed by atoms with Gasteiger partial charge < -0.3 is 15.6 Å². The molecule has 0 heterocycles. The third kappa shape index (κ3) is 5.47. The topological polar surface area (TPSA) is 55.5 Å². The second-order valence-electron chi connectivity index (χ2n) is 5.16. The lowest BCUT2D eigenvalue weighted by Crippen LogP contribution is -2.34. The molecule has 0 aliphatic heterocycles. The summed E-state index contributed by atoms with van der Waals surface area (Å²) in [6.45, 7) is 4.67. The molecule has 0 bridgehead atoms. The third-order valence-electron chi connectivity index (χ3n) is 3.31. The van der Waals surface area contributed by atoms with Gasteiger partial charge >= 0.3 is 0 Å². The molecule has 0 fully saturated rings. The molecule has 4 heteroatoms. The lowest BCUT2D eigenvalue weighted by molar-refractivity contribution is 0.130. The van der Waals surface area contributed by atoms with Gasteiger partial charge in [-0.3, -0.25) is 0 Å². The number of hydrogen-bond acceptors (Lipinski definition) is 3. The van der Waals surface area contributed by atoms with Crippen LogP contribution >= 0.6 is 0 Å². The molecular formula is C16H26FNO2. The van der Waals surface area contributed by atoms with E-state index in [0.29, 0.717) is 25.2 Å². The normalized spacial score (nSPS) is 14.1. The number of aryl methyl sites for hydroxylation is 1. The van der Waals surface area contributed by atoms with Crippen molar-refractivity contribution in [3.8, 4) is 5.75 Å². The Morgan fingerprint density at radius 1 is 1.25 bits per heavy atom. The minimum Gasteiger partial charge on any atom is -0.493 e. The fourth-order valence-electron chi connectivity index (χ4n) is 2.14. The number of nitrogens with two attached hydrogens (primary N) is 1. The van der Waals surface area contributed by atoms with E-state index in [4.69, 9.17) is 10.5 Å². The Morgan fingerprint density at radius 3 is 2.65 bits per heavy atom. The van der Waals surface area contributed by atoms with E-state index in [1.807, 2.05) is 13.8 Å². The summed E-state index contributed by atoms with van der Waals surface area (Å²) in [4.78, 5) is 0. The zero-order valence-corrected chi connectivity index (χ0v) is 12.4. The fraction of sp³-hybridized carbons (Fsp3) is 0.625. The Bertz CT molecular complexity index is 398. The summed E-state index contributed by atoms with van der Waals surface area (Å²) in [6, 6.07) is 4.31. The number of halogens is 1. The van der Waals surface area contributed by atoms with Crippen molar-refractivity contribution < 1.29 is 14.2 Å². The molecule has 20 heavy (non-hydrogen) atoms. The highest BCUT2D eigenvalue weighted by atomic mass is 19.1. The van der Waals surface area contributed by atoms with Crippen molar-refractivity contribution in [2.24, 2.45) is 5.73 Å². The van der Waals surface area contributed by atoms with Crippen LogP contribution < -0.4 is 10.5 Å². The van der Waals surface area contributed by atoms with Crippen LogP contribution in [0.5, 0.6) is 5.75 Å². The van der Waals surface area contributed by atoms with Crippen LogP contribution in [0.15, 0.2) is 18.2 Å². The second-order valence-corrected chi connectivity index (χ2v) is 5.16. The molecule has 1 aromatic carbocycles. The molecule has 0 aromatic heterocycles. The largest absolute Gasteiger partial charge is 0.493 e. The molecule has 3 nitrogen and oxygen atoms in total. The molecular weight excluding hydrogens is 257 g/mol. The average molecular weight is 283 g/mol. The molecule has 0 spiro atoms. The van der Waals surface area contributed by atoms with E-state index in [0.717, 1.165) is 24.8 Å². The highest BCUT2D eigenvalue weighted by Crippen LogP contribution is 2.22. The molecule has 0 saturated heterocycles. The molecule has 114 valence electrons. The molecule has 0 amide bonds. The first-order valence-electron chi connectivity index (χ1n) is 7.43. The Balaban J connectivity index is 2.63. The predicted octanol–water partition coefficient (Wildman–Crippen LogP) is 3.04. The van der Waals surface area contributed by atoms with E-state index in [1.165, 1.54) is 12.1 Å². The monoisotopic (exact) mass is 283 g/mol.